The van der Waals surface area contributed by atoms with Crippen molar-refractivity contribution in [1.29, 1.82) is 0 Å². The highest BCUT2D eigenvalue weighted by Crippen LogP contribution is 2.38. The largest absolute Gasteiger partial charge is 0.481 e. The number of aromatic nitrogens is 2. The van der Waals surface area contributed by atoms with E-state index in [9.17, 15) is 4.79 Å². The SMILES string of the molecule is Cc1ccc(-c2nc3c(nc2-c2ccc(C)cc2)N(CCCCCCC(=O)O)CCC3C)cc1. The molecule has 0 radical (unpaired) electrons. The average Bonchev–Trinajstić information content (AvgIpc) is 2.83. The molecule has 1 atom stereocenters. The lowest BCUT2D eigenvalue weighted by molar-refractivity contribution is -0.137. The van der Waals surface area contributed by atoms with Crippen LogP contribution in [0.3, 0.4) is 0 Å². The Balaban J connectivity index is 1.66. The zero-order valence-electron chi connectivity index (χ0n) is 20.6. The molecule has 0 aliphatic carbocycles. The molecule has 0 saturated carbocycles. The van der Waals surface area contributed by atoms with Crippen LogP contribution in [-0.4, -0.2) is 34.1 Å². The lowest BCUT2D eigenvalue weighted by atomic mass is 9.96. The number of carboxylic acid groups (broad SMARTS) is 1. The maximum absolute atomic E-state index is 10.7. The number of rotatable bonds is 9. The van der Waals surface area contributed by atoms with Crippen molar-refractivity contribution >= 4 is 11.8 Å². The summed E-state index contributed by atoms with van der Waals surface area (Å²) < 4.78 is 0. The van der Waals surface area contributed by atoms with Crippen LogP contribution in [0.4, 0.5) is 5.82 Å². The van der Waals surface area contributed by atoms with E-state index >= 15 is 0 Å². The average molecular weight is 458 g/mol. The molecule has 2 aromatic carbocycles. The van der Waals surface area contributed by atoms with Crippen LogP contribution in [0.5, 0.6) is 0 Å². The van der Waals surface area contributed by atoms with Crippen LogP contribution < -0.4 is 4.90 Å². The molecule has 178 valence electrons. The molecule has 1 aromatic heterocycles. The maximum atomic E-state index is 10.7. The summed E-state index contributed by atoms with van der Waals surface area (Å²) in [5, 5.41) is 8.84. The molecule has 5 heteroatoms. The predicted molar refractivity (Wildman–Crippen MR) is 138 cm³/mol. The zero-order chi connectivity index (χ0) is 24.1. The second-order valence-electron chi connectivity index (χ2n) is 9.60. The highest BCUT2D eigenvalue weighted by Gasteiger charge is 2.27. The maximum Gasteiger partial charge on any atom is 0.303 e. The fourth-order valence-corrected chi connectivity index (χ4v) is 4.57. The van der Waals surface area contributed by atoms with Gasteiger partial charge in [0.2, 0.25) is 0 Å². The van der Waals surface area contributed by atoms with E-state index in [2.05, 4.69) is 74.2 Å². The monoisotopic (exact) mass is 457 g/mol. The van der Waals surface area contributed by atoms with Gasteiger partial charge in [-0.25, -0.2) is 9.97 Å². The van der Waals surface area contributed by atoms with Gasteiger partial charge in [-0.15, -0.1) is 0 Å². The van der Waals surface area contributed by atoms with Crippen molar-refractivity contribution in [2.45, 2.75) is 65.2 Å². The first-order valence-electron chi connectivity index (χ1n) is 12.4. The molecule has 3 aromatic rings. The van der Waals surface area contributed by atoms with Crippen LogP contribution >= 0.6 is 0 Å². The van der Waals surface area contributed by atoms with E-state index in [1.54, 1.807) is 0 Å². The van der Waals surface area contributed by atoms with Gasteiger partial charge < -0.3 is 10.0 Å². The van der Waals surface area contributed by atoms with Gasteiger partial charge in [-0.3, -0.25) is 4.79 Å². The highest BCUT2D eigenvalue weighted by molar-refractivity contribution is 5.80. The van der Waals surface area contributed by atoms with Gasteiger partial charge in [-0.05, 0) is 33.1 Å². The van der Waals surface area contributed by atoms with Crippen molar-refractivity contribution in [1.82, 2.24) is 9.97 Å². The van der Waals surface area contributed by atoms with Gasteiger partial charge in [-0.1, -0.05) is 79.4 Å². The van der Waals surface area contributed by atoms with Crippen molar-refractivity contribution < 1.29 is 9.90 Å². The summed E-state index contributed by atoms with van der Waals surface area (Å²) >= 11 is 0. The number of fused-ring (bicyclic) bond motifs is 1. The molecule has 2 heterocycles. The number of unbranched alkanes of at least 4 members (excludes halogenated alkanes) is 3. The number of carboxylic acids is 1. The Bertz CT molecular complexity index is 1120. The fourth-order valence-electron chi connectivity index (χ4n) is 4.57. The van der Waals surface area contributed by atoms with Gasteiger partial charge in [0, 0.05) is 36.6 Å². The Morgan fingerprint density at radius 1 is 0.882 bits per heavy atom. The minimum atomic E-state index is -0.706. The Labute approximate surface area is 202 Å². The Morgan fingerprint density at radius 3 is 2.03 bits per heavy atom. The number of hydrogen-bond acceptors (Lipinski definition) is 4. The number of aliphatic carboxylic acids is 1. The highest BCUT2D eigenvalue weighted by atomic mass is 16.4. The fraction of sp³-hybridized carbons (Fsp3) is 0.414. The van der Waals surface area contributed by atoms with Crippen LogP contribution in [0.15, 0.2) is 48.5 Å². The Hall–Kier alpha value is -3.21. The summed E-state index contributed by atoms with van der Waals surface area (Å²) in [5.74, 6) is 0.670. The van der Waals surface area contributed by atoms with E-state index in [1.165, 1.54) is 11.1 Å². The van der Waals surface area contributed by atoms with Crippen LogP contribution in [0.1, 0.15) is 68.2 Å². The molecule has 1 aliphatic rings. The first-order chi connectivity index (χ1) is 16.4. The van der Waals surface area contributed by atoms with Gasteiger partial charge in [0.05, 0.1) is 17.1 Å². The first-order valence-corrected chi connectivity index (χ1v) is 12.4. The minimum Gasteiger partial charge on any atom is -0.481 e. The number of anilines is 1. The molecule has 0 spiro atoms. The molecule has 0 amide bonds. The van der Waals surface area contributed by atoms with Crippen molar-refractivity contribution in [3.05, 3.63) is 65.4 Å². The molecule has 34 heavy (non-hydrogen) atoms. The molecular weight excluding hydrogens is 422 g/mol. The number of hydrogen-bond donors (Lipinski definition) is 1. The van der Waals surface area contributed by atoms with Gasteiger partial charge in [0.1, 0.15) is 0 Å². The molecule has 4 rings (SSSR count). The van der Waals surface area contributed by atoms with Crippen LogP contribution in [0, 0.1) is 13.8 Å². The normalized spacial score (nSPS) is 15.3. The molecule has 0 saturated heterocycles. The topological polar surface area (TPSA) is 66.3 Å². The summed E-state index contributed by atoms with van der Waals surface area (Å²) in [5.41, 5.74) is 7.61. The second-order valence-corrected chi connectivity index (χ2v) is 9.60. The van der Waals surface area contributed by atoms with Crippen molar-refractivity contribution in [3.63, 3.8) is 0 Å². The van der Waals surface area contributed by atoms with Crippen molar-refractivity contribution in [2.24, 2.45) is 0 Å². The van der Waals surface area contributed by atoms with E-state index in [0.29, 0.717) is 5.92 Å². The molecule has 1 unspecified atom stereocenters. The molecule has 0 bridgehead atoms. The second kappa shape index (κ2) is 10.8. The van der Waals surface area contributed by atoms with Gasteiger partial charge in [-0.2, -0.15) is 0 Å². The van der Waals surface area contributed by atoms with E-state index in [4.69, 9.17) is 15.1 Å². The predicted octanol–water partition coefficient (Wildman–Crippen LogP) is 6.78. The van der Waals surface area contributed by atoms with E-state index in [0.717, 1.165) is 79.2 Å². The number of nitrogens with zero attached hydrogens (tertiary/aromatic N) is 3. The number of aryl methyl sites for hydroxylation is 2. The van der Waals surface area contributed by atoms with Gasteiger partial charge >= 0.3 is 5.97 Å². The third kappa shape index (κ3) is 5.64. The smallest absolute Gasteiger partial charge is 0.303 e. The van der Waals surface area contributed by atoms with Crippen LogP contribution in [-0.2, 0) is 4.79 Å². The molecule has 1 aliphatic heterocycles. The van der Waals surface area contributed by atoms with Crippen LogP contribution in [0.2, 0.25) is 0 Å². The molecule has 1 N–H and O–H groups in total. The van der Waals surface area contributed by atoms with E-state index < -0.39 is 5.97 Å². The summed E-state index contributed by atoms with van der Waals surface area (Å²) in [6.45, 7) is 8.36. The molecule has 5 nitrogen and oxygen atoms in total. The lowest BCUT2D eigenvalue weighted by Crippen LogP contribution is -2.33. The molecule has 0 fully saturated rings. The number of benzene rings is 2. The summed E-state index contributed by atoms with van der Waals surface area (Å²) in [6.07, 6.45) is 5.11. The summed E-state index contributed by atoms with van der Waals surface area (Å²) in [4.78, 5) is 23.6. The third-order valence-electron chi connectivity index (χ3n) is 6.72. The Morgan fingerprint density at radius 2 is 1.44 bits per heavy atom. The molecular formula is C29H35N3O2. The quantitative estimate of drug-likeness (QED) is 0.359. The zero-order valence-corrected chi connectivity index (χ0v) is 20.6. The van der Waals surface area contributed by atoms with Crippen molar-refractivity contribution in [3.8, 4) is 22.5 Å². The summed E-state index contributed by atoms with van der Waals surface area (Å²) in [6, 6.07) is 17.1. The van der Waals surface area contributed by atoms with Crippen LogP contribution in [0.25, 0.3) is 22.5 Å². The third-order valence-corrected chi connectivity index (χ3v) is 6.72. The van der Waals surface area contributed by atoms with E-state index in [1.807, 2.05) is 0 Å². The Kier molecular flexibility index (Phi) is 7.61. The van der Waals surface area contributed by atoms with E-state index in [-0.39, 0.29) is 6.42 Å². The van der Waals surface area contributed by atoms with Gasteiger partial charge in [0.15, 0.2) is 5.82 Å². The standard InChI is InChI=1S/C29H35N3O2/c1-20-9-13-23(14-10-20)27-28(24-15-11-21(2)12-16-24)31-29-26(30-27)22(3)17-19-32(29)18-7-5-4-6-8-25(33)34/h9-16,22H,4-8,17-19H2,1-3H3,(H,33,34). The number of carbonyl (C=O) groups is 1. The lowest BCUT2D eigenvalue weighted by Gasteiger charge is -2.33. The summed E-state index contributed by atoms with van der Waals surface area (Å²) in [7, 11) is 0. The minimum absolute atomic E-state index is 0.261. The van der Waals surface area contributed by atoms with Crippen molar-refractivity contribution in [2.75, 3.05) is 18.0 Å². The first kappa shape index (κ1) is 23.9. The van der Waals surface area contributed by atoms with Gasteiger partial charge in [0.25, 0.3) is 0 Å².